The first-order chi connectivity index (χ1) is 18.7. The number of ether oxygens (including phenoxy) is 2. The summed E-state index contributed by atoms with van der Waals surface area (Å²) in [6.07, 6.45) is 1.85. The van der Waals surface area contributed by atoms with Gasteiger partial charge in [-0.05, 0) is 66.1 Å². The molecule has 0 fully saturated rings. The van der Waals surface area contributed by atoms with Crippen LogP contribution in [0, 0.1) is 0 Å². The number of phenols is 1. The van der Waals surface area contributed by atoms with Gasteiger partial charge in [0.15, 0.2) is 4.80 Å². The van der Waals surface area contributed by atoms with Crippen molar-refractivity contribution >= 4 is 23.4 Å². The number of hydrogen-bond acceptors (Lipinski definition) is 7. The number of allylic oxidation sites excluding steroid dienone is 1. The van der Waals surface area contributed by atoms with Crippen LogP contribution < -0.4 is 19.6 Å². The van der Waals surface area contributed by atoms with Gasteiger partial charge in [-0.25, -0.2) is 9.79 Å². The van der Waals surface area contributed by atoms with Crippen LogP contribution in [0.3, 0.4) is 0 Å². The fourth-order valence-corrected chi connectivity index (χ4v) is 5.97. The molecule has 1 N–H and O–H groups in total. The third-order valence-electron chi connectivity index (χ3n) is 6.99. The monoisotopic (exact) mass is 562 g/mol. The molecule has 40 heavy (non-hydrogen) atoms. The maximum Gasteiger partial charge on any atom is 0.338 e. The molecule has 1 aromatic heterocycles. The van der Waals surface area contributed by atoms with Gasteiger partial charge in [0.1, 0.15) is 11.5 Å². The standard InChI is InChI=1S/C32H38N2O5S/c1-10-39-29(37)25-18(2)33-30-34(26(25)20-11-13-21(38-9)14-12-20)28(36)24(40-30)17-19-15-22(31(3,4)5)27(35)23(16-19)32(6,7)8/h11-17,26,35H,10H2,1-9H3/b24-17+. The highest BCUT2D eigenvalue weighted by molar-refractivity contribution is 7.07. The smallest absolute Gasteiger partial charge is 0.338 e. The average Bonchev–Trinajstić information content (AvgIpc) is 3.17. The van der Waals surface area contributed by atoms with Crippen molar-refractivity contribution in [3.63, 3.8) is 0 Å². The Morgan fingerprint density at radius 1 is 1.07 bits per heavy atom. The molecule has 2 heterocycles. The van der Waals surface area contributed by atoms with Gasteiger partial charge in [-0.2, -0.15) is 0 Å². The number of carbonyl (C=O) groups is 1. The number of carbonyl (C=O) groups excluding carboxylic acids is 1. The number of nitrogens with zero attached hydrogens (tertiary/aromatic N) is 2. The van der Waals surface area contributed by atoms with Crippen LogP contribution in [0.4, 0.5) is 0 Å². The number of methoxy groups -OCH3 is 1. The van der Waals surface area contributed by atoms with E-state index < -0.39 is 12.0 Å². The van der Waals surface area contributed by atoms with E-state index in [0.717, 1.165) is 22.3 Å². The van der Waals surface area contributed by atoms with E-state index in [1.807, 2.05) is 42.5 Å². The molecule has 1 aliphatic heterocycles. The summed E-state index contributed by atoms with van der Waals surface area (Å²) >= 11 is 1.28. The number of thiazole rings is 1. The zero-order chi connectivity index (χ0) is 29.6. The lowest BCUT2D eigenvalue weighted by Gasteiger charge is -2.27. The predicted molar refractivity (Wildman–Crippen MR) is 159 cm³/mol. The van der Waals surface area contributed by atoms with E-state index >= 15 is 0 Å². The van der Waals surface area contributed by atoms with E-state index in [1.54, 1.807) is 25.5 Å². The molecule has 0 amide bonds. The van der Waals surface area contributed by atoms with E-state index in [-0.39, 0.29) is 28.7 Å². The topological polar surface area (TPSA) is 90.1 Å². The number of hydrogen-bond donors (Lipinski definition) is 1. The lowest BCUT2D eigenvalue weighted by molar-refractivity contribution is -0.139. The molecule has 2 aromatic carbocycles. The summed E-state index contributed by atoms with van der Waals surface area (Å²) in [5, 5.41) is 11.1. The van der Waals surface area contributed by atoms with Gasteiger partial charge >= 0.3 is 5.97 Å². The Bertz CT molecular complexity index is 1630. The maximum atomic E-state index is 14.0. The lowest BCUT2D eigenvalue weighted by Crippen LogP contribution is -2.39. The van der Waals surface area contributed by atoms with Crippen LogP contribution in [0.5, 0.6) is 11.5 Å². The molecule has 0 radical (unpaired) electrons. The highest BCUT2D eigenvalue weighted by Gasteiger charge is 2.33. The number of aromatic nitrogens is 1. The van der Waals surface area contributed by atoms with Crippen molar-refractivity contribution in [3.8, 4) is 11.5 Å². The molecular weight excluding hydrogens is 524 g/mol. The number of aromatic hydroxyl groups is 1. The minimum absolute atomic E-state index is 0.211. The van der Waals surface area contributed by atoms with Crippen molar-refractivity contribution in [3.05, 3.63) is 89.6 Å². The van der Waals surface area contributed by atoms with Crippen molar-refractivity contribution < 1.29 is 19.4 Å². The predicted octanol–water partition coefficient (Wildman–Crippen LogP) is 5.11. The number of esters is 1. The van der Waals surface area contributed by atoms with Gasteiger partial charge in [0, 0.05) is 11.1 Å². The Morgan fingerprint density at radius 3 is 2.15 bits per heavy atom. The SMILES string of the molecule is CCOC(=O)C1=C(C)N=c2s/c(=C/c3cc(C(C)(C)C)c(O)c(C(C)(C)C)c3)c(=O)n2C1c1ccc(OC)cc1. The third kappa shape index (κ3) is 5.50. The normalized spacial score (nSPS) is 16.0. The second kappa shape index (κ2) is 10.7. The Morgan fingerprint density at radius 2 is 1.65 bits per heavy atom. The summed E-state index contributed by atoms with van der Waals surface area (Å²) in [6, 6.07) is 10.5. The van der Waals surface area contributed by atoms with Crippen molar-refractivity contribution in [1.82, 2.24) is 4.57 Å². The van der Waals surface area contributed by atoms with Crippen LogP contribution >= 0.6 is 11.3 Å². The fourth-order valence-electron chi connectivity index (χ4n) is 4.93. The molecule has 3 aromatic rings. The molecule has 0 bridgehead atoms. The van der Waals surface area contributed by atoms with Gasteiger partial charge in [0.25, 0.3) is 5.56 Å². The summed E-state index contributed by atoms with van der Waals surface area (Å²) in [5.74, 6) is 0.459. The van der Waals surface area contributed by atoms with Gasteiger partial charge in [-0.15, -0.1) is 0 Å². The first-order valence-electron chi connectivity index (χ1n) is 13.4. The van der Waals surface area contributed by atoms with Gasteiger partial charge < -0.3 is 14.6 Å². The van der Waals surface area contributed by atoms with E-state index in [9.17, 15) is 14.7 Å². The molecule has 0 spiro atoms. The Balaban J connectivity index is 1.98. The Hall–Kier alpha value is -3.65. The first kappa shape index (κ1) is 29.3. The van der Waals surface area contributed by atoms with Crippen molar-refractivity contribution in [2.75, 3.05) is 13.7 Å². The molecule has 1 atom stereocenters. The molecule has 8 heteroatoms. The molecule has 4 rings (SSSR count). The summed E-state index contributed by atoms with van der Waals surface area (Å²) in [5.41, 5.74) is 3.19. The summed E-state index contributed by atoms with van der Waals surface area (Å²) < 4.78 is 12.8. The molecule has 1 aliphatic rings. The van der Waals surface area contributed by atoms with Gasteiger partial charge in [0.2, 0.25) is 0 Å². The Labute approximate surface area is 239 Å². The van der Waals surface area contributed by atoms with Crippen LogP contribution in [-0.4, -0.2) is 29.4 Å². The second-order valence-electron chi connectivity index (χ2n) is 12.0. The number of fused-ring (bicyclic) bond motifs is 1. The summed E-state index contributed by atoms with van der Waals surface area (Å²) in [6.45, 7) is 16.1. The van der Waals surface area contributed by atoms with Crippen LogP contribution in [0.1, 0.15) is 83.7 Å². The lowest BCUT2D eigenvalue weighted by atomic mass is 9.78. The largest absolute Gasteiger partial charge is 0.507 e. The van der Waals surface area contributed by atoms with E-state index in [0.29, 0.717) is 26.4 Å². The second-order valence-corrected chi connectivity index (χ2v) is 13.0. The molecule has 7 nitrogen and oxygen atoms in total. The Kier molecular flexibility index (Phi) is 7.87. The van der Waals surface area contributed by atoms with E-state index in [4.69, 9.17) is 9.47 Å². The molecular formula is C32H38N2O5S. The van der Waals surface area contributed by atoms with Crippen LogP contribution in [0.15, 0.2) is 57.5 Å². The van der Waals surface area contributed by atoms with Gasteiger partial charge in [-0.3, -0.25) is 9.36 Å². The fraction of sp³-hybridized carbons (Fsp3) is 0.406. The molecule has 212 valence electrons. The first-order valence-corrected chi connectivity index (χ1v) is 14.2. The average molecular weight is 563 g/mol. The number of benzene rings is 2. The van der Waals surface area contributed by atoms with E-state index in [1.165, 1.54) is 11.3 Å². The quantitative estimate of drug-likeness (QED) is 0.437. The molecule has 0 aliphatic carbocycles. The van der Waals surface area contributed by atoms with Gasteiger partial charge in [-0.1, -0.05) is 65.0 Å². The number of phenolic OH excluding ortho intramolecular Hbond substituents is 1. The van der Waals surface area contributed by atoms with E-state index in [2.05, 4.69) is 46.5 Å². The van der Waals surface area contributed by atoms with Gasteiger partial charge in [0.05, 0.1) is 35.6 Å². The minimum Gasteiger partial charge on any atom is -0.507 e. The molecule has 0 saturated carbocycles. The zero-order valence-corrected chi connectivity index (χ0v) is 25.5. The highest BCUT2D eigenvalue weighted by atomic mass is 32.1. The van der Waals surface area contributed by atoms with Crippen LogP contribution in [0.2, 0.25) is 0 Å². The summed E-state index contributed by atoms with van der Waals surface area (Å²) in [7, 11) is 1.59. The summed E-state index contributed by atoms with van der Waals surface area (Å²) in [4.78, 5) is 32.3. The van der Waals surface area contributed by atoms with Crippen molar-refractivity contribution in [2.24, 2.45) is 4.99 Å². The molecule has 1 unspecified atom stereocenters. The van der Waals surface area contributed by atoms with Crippen molar-refractivity contribution in [2.45, 2.75) is 72.3 Å². The number of rotatable bonds is 5. The zero-order valence-electron chi connectivity index (χ0n) is 24.7. The minimum atomic E-state index is -0.696. The maximum absolute atomic E-state index is 14.0. The van der Waals surface area contributed by atoms with Crippen LogP contribution in [0.25, 0.3) is 6.08 Å². The third-order valence-corrected chi connectivity index (χ3v) is 7.98. The van der Waals surface area contributed by atoms with Crippen molar-refractivity contribution in [1.29, 1.82) is 0 Å². The molecule has 0 saturated heterocycles. The highest BCUT2D eigenvalue weighted by Crippen LogP contribution is 2.40. The van der Waals surface area contributed by atoms with Crippen LogP contribution in [-0.2, 0) is 20.4 Å².